The van der Waals surface area contributed by atoms with Gasteiger partial charge in [-0.2, -0.15) is 16.8 Å². The first-order valence-electron chi connectivity index (χ1n) is 4.20. The molecule has 0 aromatic rings. The summed E-state index contributed by atoms with van der Waals surface area (Å²) in [5.74, 6) is -4.54. The molecule has 0 aromatic carbocycles. The fourth-order valence-electron chi connectivity index (χ4n) is 0.211. The van der Waals surface area contributed by atoms with E-state index in [9.17, 15) is 36.6 Å². The molecule has 0 saturated carbocycles. The molecule has 0 bridgehead atoms. The summed E-state index contributed by atoms with van der Waals surface area (Å²) < 4.78 is 56.0. The van der Waals surface area contributed by atoms with Crippen LogP contribution < -0.4 is 69.3 Å². The molecule has 0 saturated heterocycles. The van der Waals surface area contributed by atoms with Crippen LogP contribution in [0.3, 0.4) is 0 Å². The summed E-state index contributed by atoms with van der Waals surface area (Å²) in [6.07, 6.45) is 0. The van der Waals surface area contributed by atoms with Crippen molar-refractivity contribution in [3.05, 3.63) is 0 Å². The molecule has 0 aliphatic carbocycles. The minimum absolute atomic E-state index is 0. The van der Waals surface area contributed by atoms with E-state index in [1.165, 1.54) is 0 Å². The third kappa shape index (κ3) is 8.51. The van der Waals surface area contributed by atoms with E-state index in [1.807, 2.05) is 0 Å². The summed E-state index contributed by atoms with van der Waals surface area (Å²) >= 11 is 0. The Kier molecular flexibility index (Phi) is 13.7. The SMILES string of the molecule is CC(O)(C(=O)[O-])S(=O)(=O)O.CC(O)(C(=O)[O-])S(=O)(=O)O.[Na+].[Na+]. The number of carbonyl (C=O) groups excluding carboxylic acids is 2. The molecule has 12 nitrogen and oxygen atoms in total. The predicted molar refractivity (Wildman–Crippen MR) is 54.4 cm³/mol. The monoisotopic (exact) mass is 384 g/mol. The zero-order valence-electron chi connectivity index (χ0n) is 11.9. The van der Waals surface area contributed by atoms with E-state index in [4.69, 9.17) is 19.3 Å². The largest absolute Gasteiger partial charge is 1.00 e. The molecule has 0 amide bonds. The van der Waals surface area contributed by atoms with Gasteiger partial charge in [0.1, 0.15) is 0 Å². The molecule has 2 atom stereocenters. The Bertz CT molecular complexity index is 535. The Balaban J connectivity index is -0.000000135. The minimum Gasteiger partial charge on any atom is -0.546 e. The van der Waals surface area contributed by atoms with Gasteiger partial charge in [-0.1, -0.05) is 0 Å². The van der Waals surface area contributed by atoms with Crippen molar-refractivity contribution < 1.29 is 115 Å². The quantitative estimate of drug-likeness (QED) is 0.261. The van der Waals surface area contributed by atoms with E-state index in [1.54, 1.807) is 0 Å². The van der Waals surface area contributed by atoms with Crippen LogP contribution >= 0.6 is 0 Å². The van der Waals surface area contributed by atoms with Gasteiger partial charge >= 0.3 is 59.1 Å². The Hall–Kier alpha value is 0.680. The number of carboxylic acids is 2. The maximum atomic E-state index is 9.98. The maximum Gasteiger partial charge on any atom is 1.00 e. The van der Waals surface area contributed by atoms with E-state index in [-0.39, 0.29) is 59.1 Å². The van der Waals surface area contributed by atoms with Crippen molar-refractivity contribution in [2.75, 3.05) is 0 Å². The van der Waals surface area contributed by atoms with Crippen LogP contribution in [0.5, 0.6) is 0 Å². The summed E-state index contributed by atoms with van der Waals surface area (Å²) in [6, 6.07) is 0. The average molecular weight is 384 g/mol. The average Bonchev–Trinajstić information content (AvgIpc) is 2.14. The zero-order valence-corrected chi connectivity index (χ0v) is 17.5. The predicted octanol–water partition coefficient (Wildman–Crippen LogP) is -11.3. The minimum atomic E-state index is -5.01. The van der Waals surface area contributed by atoms with Gasteiger partial charge in [0, 0.05) is 0 Å². The molecule has 120 valence electrons. The second-order valence-corrected chi connectivity index (χ2v) is 6.98. The summed E-state index contributed by atoms with van der Waals surface area (Å²) in [4.78, 5) is 13.1. The second kappa shape index (κ2) is 9.85. The molecule has 16 heteroatoms. The fourth-order valence-corrected chi connectivity index (χ4v) is 0.632. The van der Waals surface area contributed by atoms with Crippen molar-refractivity contribution >= 4 is 32.2 Å². The van der Waals surface area contributed by atoms with E-state index in [0.717, 1.165) is 0 Å². The number of rotatable bonds is 4. The van der Waals surface area contributed by atoms with Gasteiger partial charge in [0.15, 0.2) is 0 Å². The van der Waals surface area contributed by atoms with Crippen molar-refractivity contribution in [1.82, 2.24) is 0 Å². The summed E-state index contributed by atoms with van der Waals surface area (Å²) in [6.45, 7) is 0.801. The first-order chi connectivity index (χ1) is 8.39. The molecular formula is C6H10Na2O12S2. The van der Waals surface area contributed by atoms with Gasteiger partial charge in [-0.15, -0.1) is 0 Å². The molecule has 0 heterocycles. The van der Waals surface area contributed by atoms with Crippen LogP contribution in [0, 0.1) is 0 Å². The van der Waals surface area contributed by atoms with Gasteiger partial charge in [0.05, 0.1) is 11.9 Å². The van der Waals surface area contributed by atoms with Gasteiger partial charge < -0.3 is 30.0 Å². The van der Waals surface area contributed by atoms with Crippen LogP contribution in [0.25, 0.3) is 0 Å². The Morgan fingerprint density at radius 3 is 0.909 bits per heavy atom. The maximum absolute atomic E-state index is 9.98. The molecule has 4 N–H and O–H groups in total. The van der Waals surface area contributed by atoms with E-state index in [2.05, 4.69) is 0 Å². The standard InChI is InChI=1S/2C3H6O6S.2Na/c2*1-3(6,2(4)5)10(7,8)9;;/h2*6H,1H3,(H,4,5)(H,7,8,9);;/q;;2*+1/p-2. The fraction of sp³-hybridized carbons (Fsp3) is 0.667. The normalized spacial score (nSPS) is 16.3. The van der Waals surface area contributed by atoms with Crippen LogP contribution in [-0.2, 0) is 29.8 Å². The summed E-state index contributed by atoms with van der Waals surface area (Å²) in [5.41, 5.74) is 0. The van der Waals surface area contributed by atoms with Crippen LogP contribution in [0.15, 0.2) is 0 Å². The van der Waals surface area contributed by atoms with Gasteiger partial charge in [0.25, 0.3) is 20.2 Å². The molecule has 0 rings (SSSR count). The molecule has 0 aliphatic heterocycles. The summed E-state index contributed by atoms with van der Waals surface area (Å²) in [5, 5.41) is 36.4. The Labute approximate surface area is 169 Å². The molecule has 0 radical (unpaired) electrons. The third-order valence-corrected chi connectivity index (χ3v) is 4.10. The second-order valence-electron chi connectivity index (χ2n) is 3.49. The number of hydrogen-bond acceptors (Lipinski definition) is 10. The van der Waals surface area contributed by atoms with Crippen molar-refractivity contribution in [3.8, 4) is 0 Å². The van der Waals surface area contributed by atoms with Crippen LogP contribution in [0.4, 0.5) is 0 Å². The van der Waals surface area contributed by atoms with Crippen LogP contribution in [0.2, 0.25) is 0 Å². The molecule has 0 aliphatic rings. The van der Waals surface area contributed by atoms with Gasteiger partial charge in [-0.25, -0.2) is 0 Å². The Morgan fingerprint density at radius 2 is 0.909 bits per heavy atom. The molecule has 2 unspecified atom stereocenters. The van der Waals surface area contributed by atoms with Gasteiger partial charge in [-0.3, -0.25) is 9.11 Å². The van der Waals surface area contributed by atoms with E-state index in [0.29, 0.717) is 13.8 Å². The first kappa shape index (κ1) is 30.5. The smallest absolute Gasteiger partial charge is 0.546 e. The van der Waals surface area contributed by atoms with Crippen molar-refractivity contribution in [2.45, 2.75) is 23.7 Å². The molecule has 0 fully saturated rings. The number of carbonyl (C=O) groups is 2. The van der Waals surface area contributed by atoms with Crippen molar-refractivity contribution in [2.24, 2.45) is 0 Å². The van der Waals surface area contributed by atoms with E-state index < -0.39 is 42.0 Å². The molecule has 0 spiro atoms. The number of hydrogen-bond donors (Lipinski definition) is 4. The summed E-state index contributed by atoms with van der Waals surface area (Å²) in [7, 11) is -10.0. The number of aliphatic hydroxyl groups is 2. The number of carboxylic acid groups (broad SMARTS) is 2. The molecule has 0 aromatic heterocycles. The third-order valence-electron chi connectivity index (χ3n) is 1.76. The first-order valence-corrected chi connectivity index (χ1v) is 7.08. The van der Waals surface area contributed by atoms with Crippen molar-refractivity contribution in [3.63, 3.8) is 0 Å². The van der Waals surface area contributed by atoms with Crippen LogP contribution in [0.1, 0.15) is 13.8 Å². The van der Waals surface area contributed by atoms with E-state index >= 15 is 0 Å². The van der Waals surface area contributed by atoms with Gasteiger partial charge in [0.2, 0.25) is 9.87 Å². The van der Waals surface area contributed by atoms with Gasteiger partial charge in [-0.05, 0) is 13.8 Å². The van der Waals surface area contributed by atoms with Crippen LogP contribution in [-0.4, -0.2) is 58.0 Å². The van der Waals surface area contributed by atoms with Crippen molar-refractivity contribution in [1.29, 1.82) is 0 Å². The number of aliphatic carboxylic acids is 2. The Morgan fingerprint density at radius 1 is 0.773 bits per heavy atom. The topological polar surface area (TPSA) is 229 Å². The molecular weight excluding hydrogens is 374 g/mol. The molecule has 22 heavy (non-hydrogen) atoms. The zero-order chi connectivity index (χ0) is 17.2.